The van der Waals surface area contributed by atoms with Gasteiger partial charge >= 0.3 is 0 Å². The second kappa shape index (κ2) is 8.19. The van der Waals surface area contributed by atoms with E-state index in [0.717, 1.165) is 95.3 Å². The Bertz CT molecular complexity index is 811. The summed E-state index contributed by atoms with van der Waals surface area (Å²) in [7, 11) is 0. The average Bonchev–Trinajstić information content (AvgIpc) is 3.46. The Morgan fingerprint density at radius 1 is 1.03 bits per heavy atom. The lowest BCUT2D eigenvalue weighted by atomic mass is 10.0. The van der Waals surface area contributed by atoms with Crippen LogP contribution < -0.4 is 5.56 Å². The molecule has 1 unspecified atom stereocenters. The van der Waals surface area contributed by atoms with Crippen LogP contribution in [0.15, 0.2) is 4.79 Å². The molecule has 0 spiro atoms. The number of aromatic nitrogens is 2. The van der Waals surface area contributed by atoms with Gasteiger partial charge in [0.1, 0.15) is 5.82 Å². The normalized spacial score (nSPS) is 26.8. The van der Waals surface area contributed by atoms with Gasteiger partial charge in [-0.25, -0.2) is 4.98 Å². The molecule has 29 heavy (non-hydrogen) atoms. The third kappa shape index (κ3) is 3.75. The van der Waals surface area contributed by atoms with Crippen molar-refractivity contribution in [1.29, 1.82) is 0 Å². The van der Waals surface area contributed by atoms with Gasteiger partial charge in [-0.05, 0) is 38.5 Å². The zero-order chi connectivity index (χ0) is 19.8. The molecule has 0 bridgehead atoms. The van der Waals surface area contributed by atoms with Gasteiger partial charge in [0.2, 0.25) is 5.91 Å². The third-order valence-electron chi connectivity index (χ3n) is 7.38. The molecule has 0 radical (unpaired) electrons. The van der Waals surface area contributed by atoms with Crippen LogP contribution in [0.1, 0.15) is 74.5 Å². The van der Waals surface area contributed by atoms with Gasteiger partial charge < -0.3 is 14.6 Å². The molecule has 1 amide bonds. The summed E-state index contributed by atoms with van der Waals surface area (Å²) in [4.78, 5) is 38.3. The summed E-state index contributed by atoms with van der Waals surface area (Å²) in [6, 6.07) is 0.444. The first-order chi connectivity index (χ1) is 14.2. The minimum absolute atomic E-state index is 0.0121. The van der Waals surface area contributed by atoms with Crippen molar-refractivity contribution >= 4 is 5.91 Å². The van der Waals surface area contributed by atoms with Crippen molar-refractivity contribution in [1.82, 2.24) is 19.8 Å². The van der Waals surface area contributed by atoms with Crippen LogP contribution in [0.2, 0.25) is 0 Å². The number of ether oxygens (including phenoxy) is 1. The van der Waals surface area contributed by atoms with E-state index in [9.17, 15) is 9.59 Å². The second-order valence-corrected chi connectivity index (χ2v) is 9.11. The minimum atomic E-state index is -0.0605. The average molecular weight is 401 g/mol. The summed E-state index contributed by atoms with van der Waals surface area (Å²) in [6.07, 6.45) is 9.12. The Morgan fingerprint density at radius 3 is 2.62 bits per heavy atom. The number of fused-ring (bicyclic) bond motifs is 1. The van der Waals surface area contributed by atoms with Gasteiger partial charge in [-0.3, -0.25) is 14.5 Å². The van der Waals surface area contributed by atoms with Crippen molar-refractivity contribution in [3.05, 3.63) is 27.4 Å². The molecular weight excluding hydrogens is 368 g/mol. The fourth-order valence-corrected chi connectivity index (χ4v) is 5.71. The highest BCUT2D eigenvalue weighted by Crippen LogP contribution is 2.35. The standard InChI is InChI=1S/C22H32N4O3/c27-21-17-14-25(16-8-12-29-13-9-16)11-7-18(17)23-20(24-21)19-6-3-10-26(19)22(28)15-4-1-2-5-15/h15-16,19H,1-14H2,(H,23,24,27). The molecule has 4 heterocycles. The van der Waals surface area contributed by atoms with E-state index in [1.54, 1.807) is 0 Å². The van der Waals surface area contributed by atoms with Crippen molar-refractivity contribution < 1.29 is 9.53 Å². The molecule has 4 aliphatic rings. The molecule has 1 N–H and O–H groups in total. The molecule has 1 atom stereocenters. The number of nitrogens with zero attached hydrogens (tertiary/aromatic N) is 3. The predicted molar refractivity (Wildman–Crippen MR) is 108 cm³/mol. The van der Waals surface area contributed by atoms with Crippen LogP contribution in [0.5, 0.6) is 0 Å². The van der Waals surface area contributed by atoms with E-state index in [1.165, 1.54) is 0 Å². The smallest absolute Gasteiger partial charge is 0.255 e. The van der Waals surface area contributed by atoms with Gasteiger partial charge in [0.25, 0.3) is 5.56 Å². The first-order valence-electron chi connectivity index (χ1n) is 11.4. The molecule has 1 aromatic heterocycles. The summed E-state index contributed by atoms with van der Waals surface area (Å²) in [5.41, 5.74) is 1.74. The Kier molecular flexibility index (Phi) is 5.43. The molecule has 1 aromatic rings. The molecular formula is C22H32N4O3. The highest BCUT2D eigenvalue weighted by molar-refractivity contribution is 5.79. The number of carbonyl (C=O) groups is 1. The lowest BCUT2D eigenvalue weighted by Gasteiger charge is -2.37. The molecule has 1 saturated carbocycles. The molecule has 3 aliphatic heterocycles. The van der Waals surface area contributed by atoms with E-state index in [-0.39, 0.29) is 23.4 Å². The maximum absolute atomic E-state index is 13.0. The number of aromatic amines is 1. The monoisotopic (exact) mass is 400 g/mol. The van der Waals surface area contributed by atoms with E-state index < -0.39 is 0 Å². The van der Waals surface area contributed by atoms with E-state index in [4.69, 9.17) is 9.72 Å². The van der Waals surface area contributed by atoms with Crippen LogP contribution in [-0.4, -0.2) is 58.0 Å². The predicted octanol–water partition coefficient (Wildman–Crippen LogP) is 2.16. The summed E-state index contributed by atoms with van der Waals surface area (Å²) in [5, 5.41) is 0. The summed E-state index contributed by atoms with van der Waals surface area (Å²) < 4.78 is 5.48. The second-order valence-electron chi connectivity index (χ2n) is 9.11. The van der Waals surface area contributed by atoms with Crippen molar-refractivity contribution in [2.24, 2.45) is 5.92 Å². The number of nitrogens with one attached hydrogen (secondary N) is 1. The van der Waals surface area contributed by atoms with Crippen molar-refractivity contribution in [3.63, 3.8) is 0 Å². The Labute approximate surface area is 171 Å². The number of rotatable bonds is 3. The lowest BCUT2D eigenvalue weighted by Crippen LogP contribution is -2.45. The van der Waals surface area contributed by atoms with Crippen LogP contribution in [0.25, 0.3) is 0 Å². The number of hydrogen-bond donors (Lipinski definition) is 1. The van der Waals surface area contributed by atoms with E-state index in [1.807, 2.05) is 4.90 Å². The molecule has 3 fully saturated rings. The number of hydrogen-bond acceptors (Lipinski definition) is 5. The van der Waals surface area contributed by atoms with Gasteiger partial charge in [-0.2, -0.15) is 0 Å². The molecule has 2 saturated heterocycles. The van der Waals surface area contributed by atoms with Gasteiger partial charge in [-0.15, -0.1) is 0 Å². The van der Waals surface area contributed by atoms with Crippen LogP contribution in [0.4, 0.5) is 0 Å². The Hall–Kier alpha value is -1.73. The fraction of sp³-hybridized carbons (Fsp3) is 0.773. The van der Waals surface area contributed by atoms with Crippen molar-refractivity contribution in [3.8, 4) is 0 Å². The number of carbonyl (C=O) groups excluding carboxylic acids is 1. The molecule has 1 aliphatic carbocycles. The maximum Gasteiger partial charge on any atom is 0.255 e. The summed E-state index contributed by atoms with van der Waals surface area (Å²) >= 11 is 0. The van der Waals surface area contributed by atoms with E-state index >= 15 is 0 Å². The molecule has 7 nitrogen and oxygen atoms in total. The van der Waals surface area contributed by atoms with Crippen molar-refractivity contribution in [2.75, 3.05) is 26.3 Å². The van der Waals surface area contributed by atoms with Gasteiger partial charge in [-0.1, -0.05) is 12.8 Å². The molecule has 0 aromatic carbocycles. The largest absolute Gasteiger partial charge is 0.381 e. The first-order valence-corrected chi connectivity index (χ1v) is 11.4. The third-order valence-corrected chi connectivity index (χ3v) is 7.38. The van der Waals surface area contributed by atoms with Crippen LogP contribution in [0.3, 0.4) is 0 Å². The molecule has 158 valence electrons. The Balaban J connectivity index is 1.35. The highest BCUT2D eigenvalue weighted by atomic mass is 16.5. The van der Waals surface area contributed by atoms with Crippen LogP contribution in [-0.2, 0) is 22.5 Å². The zero-order valence-electron chi connectivity index (χ0n) is 17.2. The number of likely N-dealkylation sites (tertiary alicyclic amines) is 1. The van der Waals surface area contributed by atoms with Gasteiger partial charge in [0.15, 0.2) is 0 Å². The first kappa shape index (κ1) is 19.2. The Morgan fingerprint density at radius 2 is 1.83 bits per heavy atom. The van der Waals surface area contributed by atoms with Crippen molar-refractivity contribution in [2.45, 2.75) is 76.4 Å². The highest BCUT2D eigenvalue weighted by Gasteiger charge is 2.37. The SMILES string of the molecule is O=C(C1CCCC1)N1CCCC1c1nc2c(c(=O)[nH]1)CN(C1CCOCC1)CC2. The number of H-pyrrole nitrogens is 1. The minimum Gasteiger partial charge on any atom is -0.381 e. The van der Waals surface area contributed by atoms with E-state index in [0.29, 0.717) is 18.4 Å². The number of amides is 1. The summed E-state index contributed by atoms with van der Waals surface area (Å²) in [6.45, 7) is 4.04. The van der Waals surface area contributed by atoms with Gasteiger partial charge in [0.05, 0.1) is 17.3 Å². The van der Waals surface area contributed by atoms with Crippen LogP contribution >= 0.6 is 0 Å². The van der Waals surface area contributed by atoms with Gasteiger partial charge in [0, 0.05) is 51.2 Å². The maximum atomic E-state index is 13.0. The topological polar surface area (TPSA) is 78.5 Å². The fourth-order valence-electron chi connectivity index (χ4n) is 5.71. The molecule has 5 rings (SSSR count). The molecule has 7 heteroatoms. The van der Waals surface area contributed by atoms with Crippen LogP contribution in [0, 0.1) is 5.92 Å². The summed E-state index contributed by atoms with van der Waals surface area (Å²) in [5.74, 6) is 1.15. The quantitative estimate of drug-likeness (QED) is 0.841. The lowest BCUT2D eigenvalue weighted by molar-refractivity contribution is -0.136. The zero-order valence-corrected chi connectivity index (χ0v) is 17.2. The van der Waals surface area contributed by atoms with E-state index in [2.05, 4.69) is 9.88 Å².